The number of H-pyrrole nitrogens is 1. The van der Waals surface area contributed by atoms with Crippen molar-refractivity contribution >= 4 is 22.8 Å². The molecule has 1 aliphatic heterocycles. The van der Waals surface area contributed by atoms with Gasteiger partial charge in [0, 0.05) is 23.6 Å². The molecule has 1 aromatic heterocycles. The maximum atomic E-state index is 12.3. The van der Waals surface area contributed by atoms with Gasteiger partial charge in [0.2, 0.25) is 0 Å². The number of aliphatic hydroxyl groups excluding tert-OH is 4. The molecule has 11 heteroatoms. The van der Waals surface area contributed by atoms with Crippen LogP contribution >= 0.6 is 0 Å². The van der Waals surface area contributed by atoms with E-state index in [9.17, 15) is 30.0 Å². The number of nitrogens with zero attached hydrogens (tertiary/aromatic N) is 1. The first-order valence-electron chi connectivity index (χ1n) is 10.6. The highest BCUT2D eigenvalue weighted by Gasteiger charge is 2.43. The van der Waals surface area contributed by atoms with Crippen LogP contribution in [0.2, 0.25) is 0 Å². The number of carbonyl (C=O) groups is 2. The van der Waals surface area contributed by atoms with Gasteiger partial charge in [-0.05, 0) is 38.2 Å². The second kappa shape index (κ2) is 11.1. The molecule has 2 aromatic rings. The van der Waals surface area contributed by atoms with Crippen LogP contribution in [0.15, 0.2) is 24.4 Å². The topological polar surface area (TPSA) is 162 Å². The van der Waals surface area contributed by atoms with Crippen LogP contribution in [-0.2, 0) is 25.5 Å². The van der Waals surface area contributed by atoms with Gasteiger partial charge in [0.05, 0.1) is 12.8 Å². The minimum absolute atomic E-state index is 0.231. The molecule has 5 N–H and O–H groups in total. The standard InChI is InChI=1S/C22H30N2O9/c1-24(2)9-8-12-10-23-13-4-3-5-14(18(12)13)32-17(26)7-6-16(25)31-11-15-19(27)20(28)21(29)22(30)33-15/h3-5,10,15,19-23,27-30H,6-9,11H2,1-2H3/t15?,19-,20+,21-,22+/m1/s1. The zero-order valence-corrected chi connectivity index (χ0v) is 18.5. The normalized spacial score (nSPS) is 25.4. The number of likely N-dealkylation sites (N-methyl/N-ethyl adjacent to an activating group) is 1. The SMILES string of the molecule is CN(C)CCc1c[nH]c2cccc(OC(=O)CCC(=O)OCC3O[C@H](O)[C@H](O)[C@@H](O)[C@@H]3O)c12. The van der Waals surface area contributed by atoms with Gasteiger partial charge in [-0.15, -0.1) is 0 Å². The van der Waals surface area contributed by atoms with Crippen molar-refractivity contribution in [1.29, 1.82) is 0 Å². The number of esters is 2. The van der Waals surface area contributed by atoms with Gasteiger partial charge >= 0.3 is 11.9 Å². The minimum Gasteiger partial charge on any atom is -0.463 e. The lowest BCUT2D eigenvalue weighted by atomic mass is 9.99. The van der Waals surface area contributed by atoms with Crippen LogP contribution < -0.4 is 4.74 Å². The first-order valence-corrected chi connectivity index (χ1v) is 10.6. The van der Waals surface area contributed by atoms with Crippen LogP contribution in [0.25, 0.3) is 10.9 Å². The molecule has 3 rings (SSSR count). The van der Waals surface area contributed by atoms with Crippen molar-refractivity contribution in [1.82, 2.24) is 9.88 Å². The van der Waals surface area contributed by atoms with Crippen molar-refractivity contribution in [3.05, 3.63) is 30.0 Å². The molecule has 0 saturated carbocycles. The molecule has 0 radical (unpaired) electrons. The van der Waals surface area contributed by atoms with Gasteiger partial charge in [0.25, 0.3) is 0 Å². The molecule has 1 fully saturated rings. The Morgan fingerprint density at radius 1 is 1.06 bits per heavy atom. The Labute approximate surface area is 190 Å². The Hall–Kier alpha value is -2.54. The molecule has 0 amide bonds. The molecule has 0 aliphatic carbocycles. The molecular formula is C22H30N2O9. The minimum atomic E-state index is -1.72. The van der Waals surface area contributed by atoms with Gasteiger partial charge in [0.15, 0.2) is 6.29 Å². The molecule has 0 spiro atoms. The Morgan fingerprint density at radius 2 is 1.79 bits per heavy atom. The van der Waals surface area contributed by atoms with E-state index in [1.54, 1.807) is 12.1 Å². The number of aromatic nitrogens is 1. The number of hydrogen-bond acceptors (Lipinski definition) is 10. The van der Waals surface area contributed by atoms with Crippen LogP contribution in [0.3, 0.4) is 0 Å². The Balaban J connectivity index is 1.51. The maximum Gasteiger partial charge on any atom is 0.311 e. The van der Waals surface area contributed by atoms with Crippen LogP contribution in [0, 0.1) is 0 Å². The largest absolute Gasteiger partial charge is 0.463 e. The second-order valence-electron chi connectivity index (χ2n) is 8.24. The van der Waals surface area contributed by atoms with E-state index in [4.69, 9.17) is 14.2 Å². The Bertz CT molecular complexity index is 960. The molecular weight excluding hydrogens is 436 g/mol. The number of rotatable bonds is 9. The number of ether oxygens (including phenoxy) is 3. The number of fused-ring (bicyclic) bond motifs is 1. The zero-order valence-electron chi connectivity index (χ0n) is 18.5. The molecule has 2 heterocycles. The highest BCUT2D eigenvalue weighted by Crippen LogP contribution is 2.29. The molecule has 33 heavy (non-hydrogen) atoms. The first-order chi connectivity index (χ1) is 15.7. The molecule has 1 aliphatic rings. The van der Waals surface area contributed by atoms with Crippen LogP contribution in [0.1, 0.15) is 18.4 Å². The smallest absolute Gasteiger partial charge is 0.311 e. The monoisotopic (exact) mass is 466 g/mol. The summed E-state index contributed by atoms with van der Waals surface area (Å²) in [4.78, 5) is 29.6. The predicted molar refractivity (Wildman–Crippen MR) is 115 cm³/mol. The molecule has 5 atom stereocenters. The number of aliphatic hydroxyl groups is 4. The summed E-state index contributed by atoms with van der Waals surface area (Å²) >= 11 is 0. The lowest BCUT2D eigenvalue weighted by Gasteiger charge is -2.37. The number of carbonyl (C=O) groups excluding carboxylic acids is 2. The van der Waals surface area contributed by atoms with Crippen molar-refractivity contribution in [2.45, 2.75) is 50.0 Å². The molecule has 0 bridgehead atoms. The van der Waals surface area contributed by atoms with E-state index >= 15 is 0 Å². The van der Waals surface area contributed by atoms with Crippen molar-refractivity contribution in [2.24, 2.45) is 0 Å². The summed E-state index contributed by atoms with van der Waals surface area (Å²) < 4.78 is 15.4. The molecule has 182 valence electrons. The first kappa shape index (κ1) is 25.1. The Kier molecular flexibility index (Phi) is 8.40. The molecule has 1 aromatic carbocycles. The maximum absolute atomic E-state index is 12.3. The van der Waals surface area contributed by atoms with Gasteiger partial charge in [0.1, 0.15) is 36.8 Å². The van der Waals surface area contributed by atoms with Gasteiger partial charge in [-0.2, -0.15) is 0 Å². The van der Waals surface area contributed by atoms with E-state index in [1.165, 1.54) is 0 Å². The molecule has 1 unspecified atom stereocenters. The average molecular weight is 466 g/mol. The van der Waals surface area contributed by atoms with Crippen molar-refractivity contribution < 1.29 is 44.2 Å². The summed E-state index contributed by atoms with van der Waals surface area (Å²) in [7, 11) is 3.95. The summed E-state index contributed by atoms with van der Waals surface area (Å²) in [6.07, 6.45) is -5.66. The highest BCUT2D eigenvalue weighted by molar-refractivity contribution is 5.91. The summed E-state index contributed by atoms with van der Waals surface area (Å²) in [5, 5.41) is 39.3. The van der Waals surface area contributed by atoms with Gasteiger partial charge in [-0.25, -0.2) is 0 Å². The van der Waals surface area contributed by atoms with E-state index < -0.39 is 49.3 Å². The zero-order chi connectivity index (χ0) is 24.1. The van der Waals surface area contributed by atoms with E-state index in [2.05, 4.69) is 9.88 Å². The van der Waals surface area contributed by atoms with Crippen LogP contribution in [-0.4, -0.2) is 100 Å². The molecule has 11 nitrogen and oxygen atoms in total. The number of hydrogen-bond donors (Lipinski definition) is 5. The van der Waals surface area contributed by atoms with E-state index in [1.807, 2.05) is 26.4 Å². The fraction of sp³-hybridized carbons (Fsp3) is 0.545. The third-order valence-corrected chi connectivity index (χ3v) is 5.43. The number of aromatic amines is 1. The summed E-state index contributed by atoms with van der Waals surface area (Å²) in [6, 6.07) is 5.34. The Morgan fingerprint density at radius 3 is 2.52 bits per heavy atom. The van der Waals surface area contributed by atoms with Crippen LogP contribution in [0.5, 0.6) is 5.75 Å². The summed E-state index contributed by atoms with van der Waals surface area (Å²) in [6.45, 7) is 0.362. The second-order valence-corrected chi connectivity index (χ2v) is 8.24. The van der Waals surface area contributed by atoms with Gasteiger partial charge in [-0.3, -0.25) is 9.59 Å². The van der Waals surface area contributed by atoms with Crippen LogP contribution in [0.4, 0.5) is 0 Å². The molecule has 1 saturated heterocycles. The highest BCUT2D eigenvalue weighted by atomic mass is 16.6. The van der Waals surface area contributed by atoms with Crippen molar-refractivity contribution in [3.8, 4) is 5.75 Å². The third kappa shape index (κ3) is 6.28. The number of nitrogens with one attached hydrogen (secondary N) is 1. The number of benzene rings is 1. The van der Waals surface area contributed by atoms with E-state index in [-0.39, 0.29) is 12.8 Å². The fourth-order valence-electron chi connectivity index (χ4n) is 3.54. The average Bonchev–Trinajstić information content (AvgIpc) is 3.20. The quantitative estimate of drug-likeness (QED) is 0.236. The van der Waals surface area contributed by atoms with E-state index in [0.29, 0.717) is 5.75 Å². The lowest BCUT2D eigenvalue weighted by Crippen LogP contribution is -2.58. The summed E-state index contributed by atoms with van der Waals surface area (Å²) in [5.74, 6) is -0.951. The van der Waals surface area contributed by atoms with Crippen molar-refractivity contribution in [3.63, 3.8) is 0 Å². The van der Waals surface area contributed by atoms with Gasteiger partial charge < -0.3 is 44.5 Å². The van der Waals surface area contributed by atoms with Crippen molar-refractivity contribution in [2.75, 3.05) is 27.2 Å². The summed E-state index contributed by atoms with van der Waals surface area (Å²) in [5.41, 5.74) is 1.86. The van der Waals surface area contributed by atoms with E-state index in [0.717, 1.165) is 29.4 Å². The van der Waals surface area contributed by atoms with Gasteiger partial charge in [-0.1, -0.05) is 6.07 Å². The fourth-order valence-corrected chi connectivity index (χ4v) is 3.54. The lowest BCUT2D eigenvalue weighted by molar-refractivity contribution is -0.287. The predicted octanol–water partition coefficient (Wildman–Crippen LogP) is -0.699. The third-order valence-electron chi connectivity index (χ3n) is 5.43.